The molecule has 0 atom stereocenters. The molecule has 1 N–H and O–H groups in total. The molecule has 0 saturated carbocycles. The maximum absolute atomic E-state index is 13.4. The van der Waals surface area contributed by atoms with Crippen LogP contribution in [0.5, 0.6) is 0 Å². The Bertz CT molecular complexity index is 973. The first-order valence-corrected chi connectivity index (χ1v) is 9.52. The fraction of sp³-hybridized carbons (Fsp3) is 0.235. The minimum atomic E-state index is -4.50. The van der Waals surface area contributed by atoms with E-state index < -0.39 is 21.6 Å². The van der Waals surface area contributed by atoms with Crippen molar-refractivity contribution in [2.45, 2.75) is 18.0 Å². The molecule has 0 saturated heterocycles. The minimum absolute atomic E-state index is 0.0280. The lowest BCUT2D eigenvalue weighted by Crippen LogP contribution is -2.30. The van der Waals surface area contributed by atoms with E-state index in [1.54, 1.807) is 24.0 Å². The van der Waals surface area contributed by atoms with Gasteiger partial charge in [-0.2, -0.15) is 13.2 Å². The number of allylic oxidation sites excluding steroid dienone is 3. The van der Waals surface area contributed by atoms with Crippen molar-refractivity contribution in [2.75, 3.05) is 17.7 Å². The van der Waals surface area contributed by atoms with Crippen LogP contribution in [0.1, 0.15) is 12.7 Å². The molecule has 0 unspecified atom stereocenters. The first-order chi connectivity index (χ1) is 12.1. The molecule has 9 heteroatoms. The number of hydrogen-bond acceptors (Lipinski definition) is 4. The fourth-order valence-corrected chi connectivity index (χ4v) is 3.43. The number of aromatic amines is 1. The number of nitrogens with one attached hydrogen (secondary N) is 1. The minimum Gasteiger partial charge on any atom is -0.345 e. The first kappa shape index (κ1) is 18.2. The van der Waals surface area contributed by atoms with Gasteiger partial charge in [0.15, 0.2) is 9.84 Å². The largest absolute Gasteiger partial charge is 0.416 e. The molecule has 0 fully saturated rings. The van der Waals surface area contributed by atoms with Crippen molar-refractivity contribution in [1.29, 1.82) is 0 Å². The van der Waals surface area contributed by atoms with Crippen molar-refractivity contribution >= 4 is 21.1 Å². The summed E-state index contributed by atoms with van der Waals surface area (Å²) >= 11 is 0. The Morgan fingerprint density at radius 3 is 2.35 bits per heavy atom. The fourth-order valence-electron chi connectivity index (χ4n) is 2.80. The van der Waals surface area contributed by atoms with E-state index in [1.807, 2.05) is 0 Å². The summed E-state index contributed by atoms with van der Waals surface area (Å²) in [4.78, 5) is 8.51. The smallest absolute Gasteiger partial charge is 0.345 e. The van der Waals surface area contributed by atoms with Crippen LogP contribution in [0.3, 0.4) is 0 Å². The monoisotopic (exact) mass is 383 g/mol. The number of anilines is 1. The lowest BCUT2D eigenvalue weighted by atomic mass is 10.00. The number of benzene rings is 1. The van der Waals surface area contributed by atoms with Crippen molar-refractivity contribution in [3.63, 3.8) is 0 Å². The summed E-state index contributed by atoms with van der Waals surface area (Å²) in [6, 6.07) is 6.03. The van der Waals surface area contributed by atoms with E-state index in [0.29, 0.717) is 11.4 Å². The molecule has 2 heterocycles. The van der Waals surface area contributed by atoms with Crippen molar-refractivity contribution in [3.05, 3.63) is 59.8 Å². The molecule has 2 aromatic rings. The van der Waals surface area contributed by atoms with Crippen LogP contribution in [0.25, 0.3) is 5.57 Å². The summed E-state index contributed by atoms with van der Waals surface area (Å²) in [7, 11) is -3.34. The molecule has 0 aliphatic carbocycles. The Balaban J connectivity index is 2.03. The SMILES string of the molecule is CC1=CC(C(F)(F)F)=C(c2ncc[nH]2)CN1c1ccc(S(C)(=O)=O)cc1. The number of aromatic nitrogens is 2. The van der Waals surface area contributed by atoms with Gasteiger partial charge in [-0.05, 0) is 37.3 Å². The van der Waals surface area contributed by atoms with Gasteiger partial charge in [-0.25, -0.2) is 13.4 Å². The lowest BCUT2D eigenvalue weighted by molar-refractivity contribution is -0.0879. The molecule has 1 aliphatic rings. The second kappa shape index (κ2) is 6.31. The molecule has 0 radical (unpaired) electrons. The Kier molecular flexibility index (Phi) is 4.43. The zero-order chi connectivity index (χ0) is 19.1. The van der Waals surface area contributed by atoms with E-state index in [-0.39, 0.29) is 22.8 Å². The van der Waals surface area contributed by atoms with Gasteiger partial charge in [-0.3, -0.25) is 0 Å². The van der Waals surface area contributed by atoms with Gasteiger partial charge in [0.2, 0.25) is 0 Å². The second-order valence-electron chi connectivity index (χ2n) is 5.97. The highest BCUT2D eigenvalue weighted by Crippen LogP contribution is 2.38. The molecule has 3 rings (SSSR count). The number of hydrogen-bond donors (Lipinski definition) is 1. The van der Waals surface area contributed by atoms with Crippen LogP contribution in [0.4, 0.5) is 18.9 Å². The molecule has 138 valence electrons. The zero-order valence-electron chi connectivity index (χ0n) is 14.0. The van der Waals surface area contributed by atoms with Crippen molar-refractivity contribution in [2.24, 2.45) is 0 Å². The van der Waals surface area contributed by atoms with Gasteiger partial charge in [0.25, 0.3) is 0 Å². The highest BCUT2D eigenvalue weighted by Gasteiger charge is 2.38. The third-order valence-electron chi connectivity index (χ3n) is 4.09. The number of rotatable bonds is 3. The Hall–Kier alpha value is -2.55. The van der Waals surface area contributed by atoms with Crippen LogP contribution in [0.2, 0.25) is 0 Å². The average Bonchev–Trinajstić information content (AvgIpc) is 3.07. The number of imidazole rings is 1. The summed E-state index contributed by atoms with van der Waals surface area (Å²) < 4.78 is 63.5. The normalized spacial score (nSPS) is 16.0. The van der Waals surface area contributed by atoms with Crippen molar-refractivity contribution < 1.29 is 21.6 Å². The standard InChI is InChI=1S/C17H16F3N3O2S/c1-11-9-15(17(18,19)20)14(16-21-7-8-22-16)10-23(11)12-3-5-13(6-4-12)26(2,24)25/h3-9H,10H2,1-2H3,(H,21,22). The number of sulfone groups is 1. The van der Waals surface area contributed by atoms with E-state index in [9.17, 15) is 21.6 Å². The van der Waals surface area contributed by atoms with Crippen LogP contribution >= 0.6 is 0 Å². The topological polar surface area (TPSA) is 66.1 Å². The quantitative estimate of drug-likeness (QED) is 0.880. The number of alkyl halides is 3. The summed E-state index contributed by atoms with van der Waals surface area (Å²) in [5.74, 6) is 0.152. The molecule has 0 spiro atoms. The predicted octanol–water partition coefficient (Wildman–Crippen LogP) is 3.55. The van der Waals surface area contributed by atoms with Crippen LogP contribution in [0.15, 0.2) is 58.9 Å². The maximum atomic E-state index is 13.4. The van der Waals surface area contributed by atoms with E-state index >= 15 is 0 Å². The summed E-state index contributed by atoms with van der Waals surface area (Å²) in [5, 5.41) is 0. The van der Waals surface area contributed by atoms with Crippen LogP contribution in [0, 0.1) is 0 Å². The summed E-state index contributed by atoms with van der Waals surface area (Å²) in [6.07, 6.45) is 0.530. The maximum Gasteiger partial charge on any atom is 0.416 e. The highest BCUT2D eigenvalue weighted by atomic mass is 32.2. The van der Waals surface area contributed by atoms with Crippen LogP contribution in [-0.4, -0.2) is 37.4 Å². The van der Waals surface area contributed by atoms with Gasteiger partial charge in [-0.1, -0.05) is 0 Å². The molecular formula is C17H16F3N3O2S. The van der Waals surface area contributed by atoms with Crippen molar-refractivity contribution in [3.8, 4) is 0 Å². The molecule has 26 heavy (non-hydrogen) atoms. The van der Waals surface area contributed by atoms with Crippen LogP contribution in [-0.2, 0) is 9.84 Å². The van der Waals surface area contributed by atoms with Gasteiger partial charge in [-0.15, -0.1) is 0 Å². The molecule has 5 nitrogen and oxygen atoms in total. The first-order valence-electron chi connectivity index (χ1n) is 7.63. The van der Waals surface area contributed by atoms with Gasteiger partial charge in [0.1, 0.15) is 5.82 Å². The molecular weight excluding hydrogens is 367 g/mol. The Morgan fingerprint density at radius 1 is 1.19 bits per heavy atom. The van der Waals surface area contributed by atoms with Gasteiger partial charge < -0.3 is 9.88 Å². The highest BCUT2D eigenvalue weighted by molar-refractivity contribution is 7.90. The third kappa shape index (κ3) is 3.52. The number of halogens is 3. The van der Waals surface area contributed by atoms with E-state index in [4.69, 9.17) is 0 Å². The van der Waals surface area contributed by atoms with Crippen molar-refractivity contribution in [1.82, 2.24) is 9.97 Å². The molecule has 0 bridgehead atoms. The van der Waals surface area contributed by atoms with E-state index in [0.717, 1.165) is 12.3 Å². The average molecular weight is 383 g/mol. The Labute approximate surface area is 148 Å². The predicted molar refractivity (Wildman–Crippen MR) is 92.2 cm³/mol. The van der Waals surface area contributed by atoms with Crippen LogP contribution < -0.4 is 4.90 Å². The zero-order valence-corrected chi connectivity index (χ0v) is 14.8. The van der Waals surface area contributed by atoms with Gasteiger partial charge in [0, 0.05) is 35.6 Å². The third-order valence-corrected chi connectivity index (χ3v) is 5.21. The molecule has 0 amide bonds. The van der Waals surface area contributed by atoms with E-state index in [2.05, 4.69) is 9.97 Å². The lowest BCUT2D eigenvalue weighted by Gasteiger charge is -2.32. The molecule has 1 aliphatic heterocycles. The van der Waals surface area contributed by atoms with Gasteiger partial charge in [0.05, 0.1) is 17.0 Å². The second-order valence-corrected chi connectivity index (χ2v) is 7.98. The van der Waals surface area contributed by atoms with E-state index in [1.165, 1.54) is 24.5 Å². The summed E-state index contributed by atoms with van der Waals surface area (Å²) in [5.41, 5.74) is 0.283. The number of nitrogens with zero attached hydrogens (tertiary/aromatic N) is 2. The molecule has 1 aromatic heterocycles. The number of H-pyrrole nitrogens is 1. The Morgan fingerprint density at radius 2 is 1.85 bits per heavy atom. The molecule has 1 aromatic carbocycles. The van der Waals surface area contributed by atoms with Gasteiger partial charge >= 0.3 is 6.18 Å². The summed E-state index contributed by atoms with van der Waals surface area (Å²) in [6.45, 7) is 1.54.